The first-order valence-electron chi connectivity index (χ1n) is 9.06. The molecule has 146 valence electrons. The molecule has 0 aliphatic heterocycles. The summed E-state index contributed by atoms with van der Waals surface area (Å²) in [5.74, 6) is 0.897. The van der Waals surface area contributed by atoms with Gasteiger partial charge in [0.15, 0.2) is 0 Å². The van der Waals surface area contributed by atoms with Gasteiger partial charge in [-0.05, 0) is 37.0 Å². The Bertz CT molecular complexity index is 464. The van der Waals surface area contributed by atoms with Crippen LogP contribution < -0.4 is 10.5 Å². The number of aliphatic hydroxyl groups excluding tert-OH is 2. The van der Waals surface area contributed by atoms with Gasteiger partial charge in [-0.25, -0.2) is 0 Å². The number of rotatable bonds is 12. The van der Waals surface area contributed by atoms with Crippen molar-refractivity contribution in [2.75, 3.05) is 19.8 Å². The number of hydrogen-bond donors (Lipinski definition) is 3. The second kappa shape index (κ2) is 11.9. The van der Waals surface area contributed by atoms with Gasteiger partial charge < -0.3 is 20.7 Å². The van der Waals surface area contributed by atoms with Gasteiger partial charge >= 0.3 is 0 Å². The fourth-order valence-electron chi connectivity index (χ4n) is 2.43. The van der Waals surface area contributed by atoms with Crippen molar-refractivity contribution in [1.82, 2.24) is 0 Å². The Labute approximate surface area is 160 Å². The largest absolute Gasteiger partial charge is 0.494 e. The lowest BCUT2D eigenvalue weighted by Crippen LogP contribution is -2.47. The van der Waals surface area contributed by atoms with E-state index in [2.05, 4.69) is 20.0 Å². The minimum Gasteiger partial charge on any atom is -0.494 e. The third-order valence-corrected chi connectivity index (χ3v) is 8.56. The maximum atomic E-state index is 9.21. The lowest BCUT2D eigenvalue weighted by molar-refractivity contribution is 0.115. The summed E-state index contributed by atoms with van der Waals surface area (Å²) in [5.41, 5.74) is 6.12. The first-order valence-corrected chi connectivity index (χ1v) is 12.5. The van der Waals surface area contributed by atoms with Crippen molar-refractivity contribution in [2.24, 2.45) is 5.73 Å². The SMILES string of the molecule is CC[Si](C)(C)CCCCOc1ccc(CCC(N)(CO)CO)cc1.Cl. The number of hydrogen-bond acceptors (Lipinski definition) is 4. The molecule has 0 spiro atoms. The third kappa shape index (κ3) is 9.61. The van der Waals surface area contributed by atoms with Crippen molar-refractivity contribution in [3.05, 3.63) is 29.8 Å². The quantitative estimate of drug-likeness (QED) is 0.377. The Balaban J connectivity index is 0.00000576. The van der Waals surface area contributed by atoms with Crippen LogP contribution in [0, 0.1) is 0 Å². The summed E-state index contributed by atoms with van der Waals surface area (Å²) < 4.78 is 5.81. The first-order chi connectivity index (χ1) is 11.3. The van der Waals surface area contributed by atoms with E-state index in [0.29, 0.717) is 6.42 Å². The summed E-state index contributed by atoms with van der Waals surface area (Å²) in [4.78, 5) is 0. The molecule has 1 aromatic rings. The molecule has 1 rings (SSSR count). The predicted octanol–water partition coefficient (Wildman–Crippen LogP) is 3.61. The van der Waals surface area contributed by atoms with Crippen LogP contribution in [0.5, 0.6) is 5.75 Å². The van der Waals surface area contributed by atoms with Gasteiger partial charge in [0.1, 0.15) is 5.75 Å². The highest BCUT2D eigenvalue weighted by atomic mass is 35.5. The van der Waals surface area contributed by atoms with E-state index in [1.54, 1.807) is 0 Å². The van der Waals surface area contributed by atoms with Crippen molar-refractivity contribution >= 4 is 20.5 Å². The summed E-state index contributed by atoms with van der Waals surface area (Å²) in [7, 11) is -0.947. The molecule has 1 aromatic carbocycles. The highest BCUT2D eigenvalue weighted by Crippen LogP contribution is 2.19. The Kier molecular flexibility index (Phi) is 11.6. The second-order valence-electron chi connectivity index (χ2n) is 7.65. The molecular formula is C19H36ClNO3Si. The van der Waals surface area contributed by atoms with Gasteiger partial charge in [0.25, 0.3) is 0 Å². The van der Waals surface area contributed by atoms with Gasteiger partial charge in [0, 0.05) is 8.07 Å². The van der Waals surface area contributed by atoms with Gasteiger partial charge in [-0.15, -0.1) is 12.4 Å². The van der Waals surface area contributed by atoms with Crippen LogP contribution >= 0.6 is 12.4 Å². The zero-order valence-corrected chi connectivity index (χ0v) is 17.8. The van der Waals surface area contributed by atoms with Crippen LogP contribution in [0.1, 0.15) is 31.7 Å². The van der Waals surface area contributed by atoms with E-state index in [4.69, 9.17) is 10.5 Å². The molecule has 0 heterocycles. The molecule has 0 unspecified atom stereocenters. The van der Waals surface area contributed by atoms with Gasteiger partial charge in [0.2, 0.25) is 0 Å². The average Bonchev–Trinajstić information content (AvgIpc) is 2.60. The smallest absolute Gasteiger partial charge is 0.119 e. The van der Waals surface area contributed by atoms with E-state index in [9.17, 15) is 10.2 Å². The fourth-order valence-corrected chi connectivity index (χ4v) is 3.99. The molecule has 0 bridgehead atoms. The van der Waals surface area contributed by atoms with Crippen LogP contribution in [-0.2, 0) is 6.42 Å². The highest BCUT2D eigenvalue weighted by Gasteiger charge is 2.22. The molecule has 0 aliphatic rings. The Morgan fingerprint density at radius 3 is 2.20 bits per heavy atom. The maximum absolute atomic E-state index is 9.21. The molecule has 0 amide bonds. The van der Waals surface area contributed by atoms with Gasteiger partial charge in [-0.1, -0.05) is 50.7 Å². The third-order valence-electron chi connectivity index (χ3n) is 4.94. The van der Waals surface area contributed by atoms with E-state index in [1.807, 2.05) is 24.3 Å². The van der Waals surface area contributed by atoms with E-state index in [1.165, 1.54) is 18.5 Å². The number of aryl methyl sites for hydroxylation is 1. The molecule has 0 radical (unpaired) electrons. The van der Waals surface area contributed by atoms with Crippen molar-refractivity contribution in [3.63, 3.8) is 0 Å². The lowest BCUT2D eigenvalue weighted by atomic mass is 9.94. The first kappa shape index (κ1) is 24.4. The van der Waals surface area contributed by atoms with Crippen molar-refractivity contribution < 1.29 is 14.9 Å². The monoisotopic (exact) mass is 389 g/mol. The van der Waals surface area contributed by atoms with Gasteiger partial charge in [0.05, 0.1) is 25.4 Å². The zero-order chi connectivity index (χ0) is 18.1. The molecule has 4 N–H and O–H groups in total. The Morgan fingerprint density at radius 1 is 1.08 bits per heavy atom. The minimum absolute atomic E-state index is 0. The van der Waals surface area contributed by atoms with Gasteiger partial charge in [-0.3, -0.25) is 0 Å². The summed E-state index contributed by atoms with van der Waals surface area (Å²) in [6.45, 7) is 7.58. The summed E-state index contributed by atoms with van der Waals surface area (Å²) in [5, 5.41) is 18.4. The topological polar surface area (TPSA) is 75.7 Å². The number of ether oxygens (including phenoxy) is 1. The summed E-state index contributed by atoms with van der Waals surface area (Å²) >= 11 is 0. The normalized spacial score (nSPS) is 11.9. The van der Waals surface area contributed by atoms with Crippen LogP contribution in [0.15, 0.2) is 24.3 Å². The molecule has 0 saturated heterocycles. The maximum Gasteiger partial charge on any atom is 0.119 e. The van der Waals surface area contributed by atoms with Gasteiger partial charge in [-0.2, -0.15) is 0 Å². The van der Waals surface area contributed by atoms with E-state index < -0.39 is 13.6 Å². The molecule has 0 saturated carbocycles. The van der Waals surface area contributed by atoms with Crippen LogP contribution in [0.2, 0.25) is 25.2 Å². The molecule has 0 fully saturated rings. The van der Waals surface area contributed by atoms with Crippen molar-refractivity contribution in [1.29, 1.82) is 0 Å². The molecule has 25 heavy (non-hydrogen) atoms. The van der Waals surface area contributed by atoms with Crippen molar-refractivity contribution in [2.45, 2.75) is 63.3 Å². The standard InChI is InChI=1S/C19H35NO3Si.ClH/c1-4-24(2,3)14-6-5-13-23-18-9-7-17(8-10-18)11-12-19(20,15-21)16-22;/h7-10,21-22H,4-6,11-16,20H2,1-3H3;1H. The summed E-state index contributed by atoms with van der Waals surface area (Å²) in [6, 6.07) is 10.7. The Hall–Kier alpha value is -0.593. The average molecular weight is 390 g/mol. The highest BCUT2D eigenvalue weighted by molar-refractivity contribution is 6.77. The number of aliphatic hydroxyl groups is 2. The molecule has 0 aliphatic carbocycles. The van der Waals surface area contributed by atoms with Crippen LogP contribution in [-0.4, -0.2) is 43.6 Å². The number of unbranched alkanes of at least 4 members (excludes halogenated alkanes) is 1. The second-order valence-corrected chi connectivity index (χ2v) is 13.2. The Morgan fingerprint density at radius 2 is 1.68 bits per heavy atom. The number of benzene rings is 1. The molecule has 0 aromatic heterocycles. The molecular weight excluding hydrogens is 354 g/mol. The summed E-state index contributed by atoms with van der Waals surface area (Å²) in [6.07, 6.45) is 3.65. The van der Waals surface area contributed by atoms with E-state index >= 15 is 0 Å². The van der Waals surface area contributed by atoms with E-state index in [0.717, 1.165) is 30.8 Å². The number of halogens is 1. The lowest BCUT2D eigenvalue weighted by Gasteiger charge is -2.24. The van der Waals surface area contributed by atoms with Crippen LogP contribution in [0.4, 0.5) is 0 Å². The molecule has 6 heteroatoms. The predicted molar refractivity (Wildman–Crippen MR) is 111 cm³/mol. The van der Waals surface area contributed by atoms with Crippen LogP contribution in [0.3, 0.4) is 0 Å². The molecule has 4 nitrogen and oxygen atoms in total. The molecule has 0 atom stereocenters. The number of nitrogens with two attached hydrogens (primary N) is 1. The zero-order valence-electron chi connectivity index (χ0n) is 16.0. The van der Waals surface area contributed by atoms with E-state index in [-0.39, 0.29) is 25.6 Å². The van der Waals surface area contributed by atoms with Crippen molar-refractivity contribution in [3.8, 4) is 5.75 Å². The minimum atomic E-state index is -0.947. The fraction of sp³-hybridized carbons (Fsp3) is 0.684. The van der Waals surface area contributed by atoms with Crippen LogP contribution in [0.25, 0.3) is 0 Å².